The van der Waals surface area contributed by atoms with Crippen LogP contribution in [0.3, 0.4) is 0 Å². The predicted octanol–water partition coefficient (Wildman–Crippen LogP) is 4.73. The highest BCUT2D eigenvalue weighted by Gasteiger charge is 2.15. The smallest absolute Gasteiger partial charge is 0.306 e. The first kappa shape index (κ1) is 68.1. The number of ether oxygens (including phenoxy) is 6. The summed E-state index contributed by atoms with van der Waals surface area (Å²) in [6.07, 6.45) is 3.65. The van der Waals surface area contributed by atoms with Crippen LogP contribution in [0.2, 0.25) is 0 Å². The van der Waals surface area contributed by atoms with Crippen LogP contribution in [0.15, 0.2) is 30.0 Å². The highest BCUT2D eigenvalue weighted by molar-refractivity contribution is 5.92. The molecule has 22 nitrogen and oxygen atoms in total. The minimum absolute atomic E-state index is 0.0200. The number of nitrogens with zero attached hydrogens (tertiary/aromatic N) is 8. The molecule has 0 radical (unpaired) electrons. The lowest BCUT2D eigenvalue weighted by Crippen LogP contribution is -2.35. The molecule has 0 unspecified atom stereocenters. The number of hydrogen-bond acceptors (Lipinski definition) is 22. The molecule has 74 heavy (non-hydrogen) atoms. The minimum atomic E-state index is -0.463. The number of rotatable bonds is 43. The van der Waals surface area contributed by atoms with E-state index in [-0.39, 0.29) is 147 Å². The summed E-state index contributed by atoms with van der Waals surface area (Å²) < 4.78 is 32.4. The Labute approximate surface area is 438 Å². The topological polar surface area (TPSA) is 273 Å². The summed E-state index contributed by atoms with van der Waals surface area (Å²) in [6, 6.07) is 0. The van der Waals surface area contributed by atoms with Crippen molar-refractivity contribution in [3.63, 3.8) is 0 Å². The molecule has 0 rings (SSSR count). The van der Waals surface area contributed by atoms with Crippen LogP contribution in [0.1, 0.15) is 132 Å². The van der Waals surface area contributed by atoms with Crippen molar-refractivity contribution in [2.24, 2.45) is 30.0 Å². The molecular formula is C52H86N8O14. The van der Waals surface area contributed by atoms with E-state index < -0.39 is 17.9 Å². The Morgan fingerprint density at radius 2 is 0.514 bits per heavy atom. The largest absolute Gasteiger partial charge is 0.464 e. The Bertz CT molecular complexity index is 1910. The Morgan fingerprint density at radius 1 is 0.311 bits per heavy atom. The zero-order valence-electron chi connectivity index (χ0n) is 46.1. The van der Waals surface area contributed by atoms with Crippen molar-refractivity contribution < 1.29 is 66.8 Å². The van der Waals surface area contributed by atoms with Gasteiger partial charge < -0.3 is 28.4 Å². The monoisotopic (exact) mass is 1050 g/mol. The van der Waals surface area contributed by atoms with Gasteiger partial charge in [-0.2, -0.15) is 0 Å². The van der Waals surface area contributed by atoms with Gasteiger partial charge >= 0.3 is 35.8 Å². The van der Waals surface area contributed by atoms with Gasteiger partial charge in [0.25, 0.3) is 0 Å². The second kappa shape index (κ2) is 43.5. The highest BCUT2D eigenvalue weighted by atomic mass is 16.6. The van der Waals surface area contributed by atoms with Gasteiger partial charge in [0.2, 0.25) is 0 Å². The van der Waals surface area contributed by atoms with E-state index in [1.807, 2.05) is 30.6 Å². The van der Waals surface area contributed by atoms with Gasteiger partial charge in [-0.05, 0) is 80.1 Å². The maximum Gasteiger partial charge on any atom is 0.306 e. The zero-order valence-corrected chi connectivity index (χ0v) is 46.1. The van der Waals surface area contributed by atoms with Gasteiger partial charge in [0.15, 0.2) is 11.6 Å². The van der Waals surface area contributed by atoms with E-state index in [2.05, 4.69) is 30.0 Å². The lowest BCUT2D eigenvalue weighted by molar-refractivity contribution is -0.147. The molecule has 0 aliphatic heterocycles. The van der Waals surface area contributed by atoms with Crippen LogP contribution >= 0.6 is 0 Å². The molecule has 0 spiro atoms. The van der Waals surface area contributed by atoms with E-state index in [1.165, 1.54) is 0 Å². The number of aliphatic imine (C=N–C) groups is 6. The quantitative estimate of drug-likeness (QED) is 0.0453. The summed E-state index contributed by atoms with van der Waals surface area (Å²) >= 11 is 0. The molecular weight excluding hydrogens is 961 g/mol. The molecule has 0 fully saturated rings. The van der Waals surface area contributed by atoms with Crippen molar-refractivity contribution >= 4 is 81.7 Å². The maximum absolute atomic E-state index is 12.6. The molecule has 0 aliphatic carbocycles. The Kier molecular flexibility index (Phi) is 40.0. The van der Waals surface area contributed by atoms with Gasteiger partial charge in [-0.15, -0.1) is 0 Å². The van der Waals surface area contributed by atoms with Crippen LogP contribution < -0.4 is 0 Å². The van der Waals surface area contributed by atoms with E-state index >= 15 is 0 Å². The zero-order chi connectivity index (χ0) is 55.5. The molecule has 0 aliphatic rings. The van der Waals surface area contributed by atoms with Gasteiger partial charge in [-0.25, -0.2) is 0 Å². The average Bonchev–Trinajstić information content (AvgIpc) is 3.38. The van der Waals surface area contributed by atoms with Crippen LogP contribution in [-0.4, -0.2) is 211 Å². The SMILES string of the molecule is CCC(=O)CN=C(C)CCC(=O)OCCN(CCOC(=O)CCC(C)=NC)CCOC(=O)CCC(C)=NCC(=O)CN=C(C)CCC(=O)OCCN(CCOC(=O)CCC(C)=NC)CCOC(=O)CCC(C)=NC. The molecule has 0 heterocycles. The summed E-state index contributed by atoms with van der Waals surface area (Å²) in [5, 5.41) is 0. The van der Waals surface area contributed by atoms with E-state index in [9.17, 15) is 38.4 Å². The van der Waals surface area contributed by atoms with Gasteiger partial charge in [0.1, 0.15) is 39.6 Å². The molecule has 0 aromatic heterocycles. The summed E-state index contributed by atoms with van der Waals surface area (Å²) in [5.41, 5.74) is 4.39. The minimum Gasteiger partial charge on any atom is -0.464 e. The summed E-state index contributed by atoms with van der Waals surface area (Å²) in [4.78, 5) is 127. The molecule has 0 saturated carbocycles. The third kappa shape index (κ3) is 40.6. The molecule has 0 aromatic carbocycles. The highest BCUT2D eigenvalue weighted by Crippen LogP contribution is 2.04. The van der Waals surface area contributed by atoms with Crippen LogP contribution in [0, 0.1) is 0 Å². The molecule has 418 valence electrons. The lowest BCUT2D eigenvalue weighted by atomic mass is 10.2. The first-order valence-electron chi connectivity index (χ1n) is 25.5. The van der Waals surface area contributed by atoms with Crippen molar-refractivity contribution in [3.05, 3.63) is 0 Å². The van der Waals surface area contributed by atoms with Crippen LogP contribution in [0.25, 0.3) is 0 Å². The van der Waals surface area contributed by atoms with Crippen molar-refractivity contribution in [3.8, 4) is 0 Å². The van der Waals surface area contributed by atoms with Crippen molar-refractivity contribution in [1.29, 1.82) is 0 Å². The summed E-state index contributed by atoms with van der Waals surface area (Å²) in [5.74, 6) is -2.62. The van der Waals surface area contributed by atoms with Crippen molar-refractivity contribution in [2.45, 2.75) is 132 Å². The molecule has 0 amide bonds. The number of hydrogen-bond donors (Lipinski definition) is 0. The Hall–Kier alpha value is -5.90. The summed E-state index contributed by atoms with van der Waals surface area (Å²) in [7, 11) is 4.99. The molecule has 0 N–H and O–H groups in total. The molecule has 0 aromatic rings. The fraction of sp³-hybridized carbons (Fsp3) is 0.731. The normalized spacial score (nSPS) is 12.7. The molecule has 0 bridgehead atoms. The maximum atomic E-state index is 12.6. The number of carbonyl (C=O) groups excluding carboxylic acids is 8. The fourth-order valence-electron chi connectivity index (χ4n) is 5.94. The van der Waals surface area contributed by atoms with Crippen LogP contribution in [-0.2, 0) is 66.8 Å². The first-order chi connectivity index (χ1) is 35.3. The lowest BCUT2D eigenvalue weighted by Gasteiger charge is -2.22. The Balaban J connectivity index is 4.90. The fourth-order valence-corrected chi connectivity index (χ4v) is 5.94. The second-order valence-corrected chi connectivity index (χ2v) is 17.5. The number of ketones is 2. The van der Waals surface area contributed by atoms with E-state index in [0.29, 0.717) is 82.0 Å². The van der Waals surface area contributed by atoms with Gasteiger partial charge in [0.05, 0.1) is 58.2 Å². The average molecular weight is 1050 g/mol. The van der Waals surface area contributed by atoms with Gasteiger partial charge in [0, 0.05) is 101 Å². The third-order valence-electron chi connectivity index (χ3n) is 11.3. The number of esters is 6. The molecule has 0 atom stereocenters. The second-order valence-electron chi connectivity index (χ2n) is 17.5. The van der Waals surface area contributed by atoms with Gasteiger partial charge in [-0.1, -0.05) is 6.92 Å². The first-order valence-corrected chi connectivity index (χ1v) is 25.5. The van der Waals surface area contributed by atoms with Crippen molar-refractivity contribution in [2.75, 3.05) is 120 Å². The molecule has 0 saturated heterocycles. The number of carbonyl (C=O) groups is 8. The third-order valence-corrected chi connectivity index (χ3v) is 11.3. The van der Waals surface area contributed by atoms with E-state index in [0.717, 1.165) is 17.1 Å². The van der Waals surface area contributed by atoms with Gasteiger partial charge in [-0.3, -0.25) is 78.1 Å². The van der Waals surface area contributed by atoms with E-state index in [4.69, 9.17) is 28.4 Å². The van der Waals surface area contributed by atoms with Crippen molar-refractivity contribution in [1.82, 2.24) is 9.80 Å². The van der Waals surface area contributed by atoms with E-state index in [1.54, 1.807) is 48.8 Å². The van der Waals surface area contributed by atoms with Crippen LogP contribution in [0.4, 0.5) is 0 Å². The molecule has 22 heteroatoms. The summed E-state index contributed by atoms with van der Waals surface area (Å²) in [6.45, 7) is 14.7. The standard InChI is InChI=1S/C52H86N8O14/c1-11-45(61)36-56-42(5)15-21-50(66)72-33-28-60(26-32-71-49(65)20-14-41(4)55-10)29-35-74-52(68)23-17-44(7)58-38-46(62)37-57-43(6)16-22-51(67)73-34-27-59(24-30-69-47(63)18-12-39(2)53-8)25-31-70-48(64)19-13-40(3)54-9/h11-38H2,1-10H3. The van der Waals surface area contributed by atoms with Crippen LogP contribution in [0.5, 0.6) is 0 Å². The number of Topliss-reactive ketones (excluding diaryl/α,β-unsaturated/α-hetero) is 2. The predicted molar refractivity (Wildman–Crippen MR) is 285 cm³/mol. The Morgan fingerprint density at radius 3 is 0.716 bits per heavy atom.